The highest BCUT2D eigenvalue weighted by Gasteiger charge is 2.51. The zero-order valence-corrected chi connectivity index (χ0v) is 22.6. The fourth-order valence-electron chi connectivity index (χ4n) is 4.37. The smallest absolute Gasteiger partial charge is 0.465 e. The SMILES string of the molecule is CC[C@H](c1ncc(-c2ccc(B3OC(C)(C)C(C)(C)O3)cc2)[nH]1)N(CC)C(=O)[C@@H](NC(=O)O)C(C)C. The maximum Gasteiger partial charge on any atom is 0.494 e. The standard InChI is InChI=1S/C26H39BN4O5/c1-9-20(31(10-2)23(32)21(16(3)4)30-24(33)34)22-28-15-19(29-22)17-11-13-18(14-12-17)27-35-25(5,6)26(7,8)36-27/h11-16,20-21,30H,9-10H2,1-8H3,(H,28,29)(H,33,34)/t20-,21+/m1/s1. The number of rotatable bonds is 9. The molecule has 0 saturated carbocycles. The lowest BCUT2D eigenvalue weighted by molar-refractivity contribution is -0.137. The summed E-state index contributed by atoms with van der Waals surface area (Å²) in [7, 11) is -0.428. The number of carbonyl (C=O) groups is 2. The first-order valence-corrected chi connectivity index (χ1v) is 12.6. The van der Waals surface area contributed by atoms with E-state index in [2.05, 4.69) is 15.3 Å². The first kappa shape index (κ1) is 27.7. The highest BCUT2D eigenvalue weighted by Crippen LogP contribution is 2.36. The second kappa shape index (κ2) is 10.6. The number of hydrogen-bond acceptors (Lipinski definition) is 5. The fraction of sp³-hybridized carbons (Fsp3) is 0.577. The molecule has 1 aliphatic rings. The molecule has 2 heterocycles. The van der Waals surface area contributed by atoms with Crippen LogP contribution in [0, 0.1) is 5.92 Å². The van der Waals surface area contributed by atoms with Crippen molar-refractivity contribution in [3.8, 4) is 11.3 Å². The number of imidazole rings is 1. The van der Waals surface area contributed by atoms with Crippen molar-refractivity contribution >= 4 is 24.6 Å². The van der Waals surface area contributed by atoms with Crippen molar-refractivity contribution in [2.75, 3.05) is 6.54 Å². The van der Waals surface area contributed by atoms with E-state index in [-0.39, 0.29) is 17.9 Å². The van der Waals surface area contributed by atoms with E-state index in [0.29, 0.717) is 18.8 Å². The van der Waals surface area contributed by atoms with Gasteiger partial charge in [0.1, 0.15) is 11.9 Å². The highest BCUT2D eigenvalue weighted by molar-refractivity contribution is 6.62. The minimum absolute atomic E-state index is 0.185. The van der Waals surface area contributed by atoms with E-state index >= 15 is 0 Å². The lowest BCUT2D eigenvalue weighted by Gasteiger charge is -2.33. The summed E-state index contributed by atoms with van der Waals surface area (Å²) in [6, 6.07) is 6.83. The normalized spacial score (nSPS) is 18.2. The van der Waals surface area contributed by atoms with Gasteiger partial charge in [0.2, 0.25) is 5.91 Å². The van der Waals surface area contributed by atoms with Crippen LogP contribution in [0.15, 0.2) is 30.5 Å². The molecule has 0 aliphatic carbocycles. The Morgan fingerprint density at radius 1 is 1.11 bits per heavy atom. The Labute approximate surface area is 214 Å². The van der Waals surface area contributed by atoms with E-state index in [1.807, 2.05) is 79.7 Å². The quantitative estimate of drug-likeness (QED) is 0.451. The van der Waals surface area contributed by atoms with Gasteiger partial charge in [-0.05, 0) is 58.0 Å². The fourth-order valence-corrected chi connectivity index (χ4v) is 4.37. The maximum atomic E-state index is 13.3. The van der Waals surface area contributed by atoms with Gasteiger partial charge in [-0.3, -0.25) is 4.79 Å². The molecule has 0 radical (unpaired) electrons. The molecule has 9 nitrogen and oxygen atoms in total. The van der Waals surface area contributed by atoms with Crippen molar-refractivity contribution in [1.29, 1.82) is 0 Å². The van der Waals surface area contributed by atoms with E-state index in [0.717, 1.165) is 16.7 Å². The second-order valence-electron chi connectivity index (χ2n) is 10.6. The molecule has 1 fully saturated rings. The third-order valence-electron chi connectivity index (χ3n) is 7.26. The minimum Gasteiger partial charge on any atom is -0.465 e. The second-order valence-corrected chi connectivity index (χ2v) is 10.6. The molecular formula is C26H39BN4O5. The van der Waals surface area contributed by atoms with Crippen LogP contribution in [0.3, 0.4) is 0 Å². The van der Waals surface area contributed by atoms with Gasteiger partial charge < -0.3 is 29.6 Å². The number of H-pyrrole nitrogens is 1. The van der Waals surface area contributed by atoms with E-state index < -0.39 is 30.5 Å². The average Bonchev–Trinajstić information content (AvgIpc) is 3.37. The van der Waals surface area contributed by atoms with E-state index in [9.17, 15) is 14.7 Å². The van der Waals surface area contributed by atoms with E-state index in [1.54, 1.807) is 11.1 Å². The predicted molar refractivity (Wildman–Crippen MR) is 140 cm³/mol. The summed E-state index contributed by atoms with van der Waals surface area (Å²) in [5.74, 6) is 0.219. The molecule has 10 heteroatoms. The van der Waals surface area contributed by atoms with Crippen LogP contribution in [0.4, 0.5) is 4.79 Å². The molecule has 1 saturated heterocycles. The average molecular weight is 498 g/mol. The van der Waals surface area contributed by atoms with E-state index in [1.165, 1.54) is 0 Å². The molecule has 0 bridgehead atoms. The van der Waals surface area contributed by atoms with Crippen molar-refractivity contribution in [1.82, 2.24) is 20.2 Å². The Hall–Kier alpha value is -2.85. The monoisotopic (exact) mass is 498 g/mol. The Morgan fingerprint density at radius 2 is 1.69 bits per heavy atom. The van der Waals surface area contributed by atoms with Crippen LogP contribution in [0.5, 0.6) is 0 Å². The lowest BCUT2D eigenvalue weighted by atomic mass is 9.79. The number of amides is 2. The summed E-state index contributed by atoms with van der Waals surface area (Å²) in [6.07, 6.45) is 1.18. The molecule has 1 aromatic heterocycles. The number of benzene rings is 1. The number of carbonyl (C=O) groups excluding carboxylic acids is 1. The summed E-state index contributed by atoms with van der Waals surface area (Å²) in [5.41, 5.74) is 1.92. The van der Waals surface area contributed by atoms with Gasteiger partial charge in [0, 0.05) is 6.54 Å². The Morgan fingerprint density at radius 3 is 2.17 bits per heavy atom. The molecule has 2 amide bonds. The van der Waals surface area contributed by atoms with Gasteiger partial charge in [-0.25, -0.2) is 9.78 Å². The summed E-state index contributed by atoms with van der Waals surface area (Å²) < 4.78 is 12.3. The third-order valence-corrected chi connectivity index (χ3v) is 7.26. The molecule has 1 aliphatic heterocycles. The van der Waals surface area contributed by atoms with Gasteiger partial charge in [-0.15, -0.1) is 0 Å². The molecule has 2 aromatic rings. The summed E-state index contributed by atoms with van der Waals surface area (Å²) in [6.45, 7) is 16.1. The number of likely N-dealkylation sites (N-methyl/N-ethyl adjacent to an activating group) is 1. The number of carboxylic acid groups (broad SMARTS) is 1. The summed E-state index contributed by atoms with van der Waals surface area (Å²) in [4.78, 5) is 34.2. The zero-order chi connectivity index (χ0) is 26.8. The molecule has 196 valence electrons. The van der Waals surface area contributed by atoms with E-state index in [4.69, 9.17) is 9.31 Å². The van der Waals surface area contributed by atoms with Crippen molar-refractivity contribution < 1.29 is 24.0 Å². The number of nitrogens with zero attached hydrogens (tertiary/aromatic N) is 2. The summed E-state index contributed by atoms with van der Waals surface area (Å²) >= 11 is 0. The molecule has 2 atom stereocenters. The molecule has 0 spiro atoms. The van der Waals surface area contributed by atoms with Gasteiger partial charge in [-0.2, -0.15) is 0 Å². The van der Waals surface area contributed by atoms with Gasteiger partial charge in [-0.1, -0.05) is 45.0 Å². The number of nitrogens with one attached hydrogen (secondary N) is 2. The molecule has 1 aromatic carbocycles. The third kappa shape index (κ3) is 5.60. The molecule has 36 heavy (non-hydrogen) atoms. The largest absolute Gasteiger partial charge is 0.494 e. The maximum absolute atomic E-state index is 13.3. The first-order chi connectivity index (χ1) is 16.8. The van der Waals surface area contributed by atoms with Crippen molar-refractivity contribution in [3.05, 3.63) is 36.3 Å². The van der Waals surface area contributed by atoms with Crippen LogP contribution >= 0.6 is 0 Å². The van der Waals surface area contributed by atoms with Crippen LogP contribution in [-0.2, 0) is 14.1 Å². The predicted octanol–water partition coefficient (Wildman–Crippen LogP) is 3.97. The van der Waals surface area contributed by atoms with Crippen molar-refractivity contribution in [2.45, 2.75) is 85.1 Å². The van der Waals surface area contributed by atoms with Gasteiger partial charge in [0.05, 0.1) is 29.1 Å². The van der Waals surface area contributed by atoms with Gasteiger partial charge in [0.25, 0.3) is 0 Å². The van der Waals surface area contributed by atoms with Crippen LogP contribution in [0.1, 0.15) is 73.7 Å². The van der Waals surface area contributed by atoms with Crippen LogP contribution < -0.4 is 10.8 Å². The number of hydrogen-bond donors (Lipinski definition) is 3. The highest BCUT2D eigenvalue weighted by atomic mass is 16.7. The number of aromatic amines is 1. The van der Waals surface area contributed by atoms with Crippen LogP contribution in [0.25, 0.3) is 11.3 Å². The van der Waals surface area contributed by atoms with Gasteiger partial charge in [0.15, 0.2) is 0 Å². The molecular weight excluding hydrogens is 459 g/mol. The lowest BCUT2D eigenvalue weighted by Crippen LogP contribution is -2.51. The Balaban J connectivity index is 1.80. The van der Waals surface area contributed by atoms with Crippen molar-refractivity contribution in [3.63, 3.8) is 0 Å². The van der Waals surface area contributed by atoms with Crippen molar-refractivity contribution in [2.24, 2.45) is 5.92 Å². The van der Waals surface area contributed by atoms with Gasteiger partial charge >= 0.3 is 13.2 Å². The molecule has 3 rings (SSSR count). The van der Waals surface area contributed by atoms with Crippen LogP contribution in [-0.4, -0.2) is 62.9 Å². The first-order valence-electron chi connectivity index (χ1n) is 12.6. The summed E-state index contributed by atoms with van der Waals surface area (Å²) in [5, 5.41) is 11.6. The Kier molecular flexibility index (Phi) is 8.20. The number of aromatic nitrogens is 2. The topological polar surface area (TPSA) is 117 Å². The zero-order valence-electron chi connectivity index (χ0n) is 22.6. The molecule has 0 unspecified atom stereocenters. The molecule has 3 N–H and O–H groups in total. The minimum atomic E-state index is -1.21. The Bertz CT molecular complexity index is 1050. The van der Waals surface area contributed by atoms with Crippen LogP contribution in [0.2, 0.25) is 0 Å².